The van der Waals surface area contributed by atoms with Gasteiger partial charge in [0.1, 0.15) is 5.60 Å². The van der Waals surface area contributed by atoms with Crippen LogP contribution in [0, 0.1) is 0 Å². The Labute approximate surface area is 152 Å². The van der Waals surface area contributed by atoms with E-state index in [1.54, 1.807) is 13.8 Å². The van der Waals surface area contributed by atoms with Crippen molar-refractivity contribution in [1.29, 1.82) is 0 Å². The molecule has 2 unspecified atom stereocenters. The van der Waals surface area contributed by atoms with Crippen molar-refractivity contribution in [3.05, 3.63) is 0 Å². The van der Waals surface area contributed by atoms with Gasteiger partial charge in [0.25, 0.3) is 0 Å². The molecule has 0 saturated carbocycles. The molecule has 142 valence electrons. The number of rotatable bonds is 12. The van der Waals surface area contributed by atoms with Gasteiger partial charge in [-0.3, -0.25) is 9.63 Å². The van der Waals surface area contributed by atoms with E-state index < -0.39 is 23.8 Å². The molecule has 7 nitrogen and oxygen atoms in total. The van der Waals surface area contributed by atoms with E-state index in [1.165, 1.54) is 13.8 Å². The maximum absolute atomic E-state index is 12.3. The first kappa shape index (κ1) is 23.5. The summed E-state index contributed by atoms with van der Waals surface area (Å²) >= 11 is 3.54. The Kier molecular flexibility index (Phi) is 10.2. The zero-order valence-electron chi connectivity index (χ0n) is 15.4. The highest BCUT2D eigenvalue weighted by atomic mass is 79.9. The van der Waals surface area contributed by atoms with E-state index in [2.05, 4.69) is 34.6 Å². The zero-order valence-corrected chi connectivity index (χ0v) is 17.0. The van der Waals surface area contributed by atoms with E-state index in [1.807, 2.05) is 0 Å². The van der Waals surface area contributed by atoms with Crippen LogP contribution >= 0.6 is 15.9 Å². The Morgan fingerprint density at radius 1 is 1.04 bits per heavy atom. The van der Waals surface area contributed by atoms with E-state index in [0.717, 1.165) is 6.42 Å². The van der Waals surface area contributed by atoms with E-state index in [0.29, 0.717) is 13.2 Å². The van der Waals surface area contributed by atoms with Gasteiger partial charge in [-0.15, -0.1) is 0 Å². The molecule has 0 aromatic carbocycles. The topological polar surface area (TPSA) is 97.1 Å². The Morgan fingerprint density at radius 3 is 2.12 bits per heavy atom. The second-order valence-electron chi connectivity index (χ2n) is 6.66. The number of hydrogen-bond donors (Lipinski definition) is 1. The molecule has 0 fully saturated rings. The van der Waals surface area contributed by atoms with Gasteiger partial charge in [-0.1, -0.05) is 15.9 Å². The Hall–Kier alpha value is -0.540. The van der Waals surface area contributed by atoms with Crippen LogP contribution in [0.2, 0.25) is 0 Å². The number of esters is 1. The molecule has 0 spiro atoms. The van der Waals surface area contributed by atoms with Crippen LogP contribution in [0.1, 0.15) is 48.0 Å². The van der Waals surface area contributed by atoms with Crippen LogP contribution in [0.3, 0.4) is 0 Å². The fourth-order valence-electron chi connectivity index (χ4n) is 1.71. The van der Waals surface area contributed by atoms with Crippen molar-refractivity contribution in [3.8, 4) is 0 Å². The summed E-state index contributed by atoms with van der Waals surface area (Å²) in [5.41, 5.74) is -1.09. The van der Waals surface area contributed by atoms with Crippen LogP contribution in [-0.2, 0) is 28.6 Å². The fraction of sp³-hybridized carbons (Fsp3) is 0.875. The molecule has 2 atom stereocenters. The summed E-state index contributed by atoms with van der Waals surface area (Å²) in [6, 6.07) is 0. The number of ether oxygens (including phenoxy) is 3. The first-order chi connectivity index (χ1) is 10.9. The lowest BCUT2D eigenvalue weighted by atomic mass is 9.99. The highest BCUT2D eigenvalue weighted by Gasteiger charge is 2.35. The zero-order chi connectivity index (χ0) is 19.0. The summed E-state index contributed by atoms with van der Waals surface area (Å²) < 4.78 is 16.1. The summed E-state index contributed by atoms with van der Waals surface area (Å²) in [6.45, 7) is 11.6. The molecule has 0 aliphatic rings. The van der Waals surface area contributed by atoms with Crippen molar-refractivity contribution in [3.63, 3.8) is 0 Å². The van der Waals surface area contributed by atoms with E-state index in [9.17, 15) is 9.59 Å². The van der Waals surface area contributed by atoms with Crippen LogP contribution < -0.4 is 5.90 Å². The molecular weight excluding hydrogens is 382 g/mol. The molecule has 0 radical (unpaired) electrons. The second-order valence-corrected chi connectivity index (χ2v) is 8.81. The third kappa shape index (κ3) is 9.68. The van der Waals surface area contributed by atoms with Crippen LogP contribution in [-0.4, -0.2) is 53.7 Å². The normalized spacial score (nSPS) is 15.0. The summed E-state index contributed by atoms with van der Waals surface area (Å²) in [5.74, 6) is 3.87. The van der Waals surface area contributed by atoms with Crippen LogP contribution in [0.25, 0.3) is 0 Å². The number of carbonyl (C=O) groups is 2. The lowest BCUT2D eigenvalue weighted by Gasteiger charge is -2.27. The summed E-state index contributed by atoms with van der Waals surface area (Å²) in [6.07, 6.45) is -1.03. The van der Waals surface area contributed by atoms with Crippen molar-refractivity contribution in [2.45, 2.75) is 70.1 Å². The number of Topliss-reactive ketones (excluding diaryl/α,β-unsaturated/α-hetero) is 1. The Bertz CT molecular complexity index is 408. The smallest absolute Gasteiger partial charge is 0.337 e. The minimum absolute atomic E-state index is 0.0345. The number of hydrogen-bond acceptors (Lipinski definition) is 7. The van der Waals surface area contributed by atoms with Crippen molar-refractivity contribution >= 4 is 27.7 Å². The van der Waals surface area contributed by atoms with Gasteiger partial charge in [0.2, 0.25) is 5.78 Å². The quantitative estimate of drug-likeness (QED) is 0.227. The Morgan fingerprint density at radius 2 is 1.62 bits per heavy atom. The first-order valence-corrected chi connectivity index (χ1v) is 8.71. The van der Waals surface area contributed by atoms with E-state index in [-0.39, 0.29) is 16.7 Å². The number of alkyl halides is 1. The molecule has 0 saturated heterocycles. The molecule has 0 bridgehead atoms. The SMILES string of the molecule is CC(ON)C(=O)OC(C)C(=O)C(C)(C)OCCOCCC(C)(C)Br. The molecule has 0 aromatic rings. The maximum Gasteiger partial charge on any atom is 0.337 e. The summed E-state index contributed by atoms with van der Waals surface area (Å²) in [7, 11) is 0. The number of nitrogens with two attached hydrogens (primary N) is 1. The van der Waals surface area contributed by atoms with Crippen molar-refractivity contribution in [1.82, 2.24) is 0 Å². The van der Waals surface area contributed by atoms with E-state index >= 15 is 0 Å². The molecule has 8 heteroatoms. The van der Waals surface area contributed by atoms with Gasteiger partial charge in [-0.05, 0) is 48.0 Å². The Balaban J connectivity index is 4.21. The lowest BCUT2D eigenvalue weighted by molar-refractivity contribution is -0.171. The van der Waals surface area contributed by atoms with Crippen LogP contribution in [0.5, 0.6) is 0 Å². The van der Waals surface area contributed by atoms with Crippen molar-refractivity contribution in [2.24, 2.45) is 5.90 Å². The second kappa shape index (κ2) is 10.5. The van der Waals surface area contributed by atoms with Gasteiger partial charge in [-0.2, -0.15) is 0 Å². The molecule has 0 rings (SSSR count). The van der Waals surface area contributed by atoms with Crippen LogP contribution in [0.15, 0.2) is 0 Å². The predicted octanol–water partition coefficient (Wildman–Crippen LogP) is 2.14. The minimum Gasteiger partial charge on any atom is -0.453 e. The third-order valence-electron chi connectivity index (χ3n) is 3.32. The minimum atomic E-state index is -1.09. The number of halogens is 1. The third-order valence-corrected chi connectivity index (χ3v) is 3.72. The maximum atomic E-state index is 12.3. The summed E-state index contributed by atoms with van der Waals surface area (Å²) in [5, 5.41) is 0. The van der Waals surface area contributed by atoms with Gasteiger partial charge in [0.05, 0.1) is 13.2 Å². The monoisotopic (exact) mass is 411 g/mol. The fourth-order valence-corrected chi connectivity index (χ4v) is 1.87. The largest absolute Gasteiger partial charge is 0.453 e. The van der Waals surface area contributed by atoms with E-state index in [4.69, 9.17) is 20.1 Å². The average molecular weight is 412 g/mol. The molecule has 24 heavy (non-hydrogen) atoms. The predicted molar refractivity (Wildman–Crippen MR) is 93.8 cm³/mol. The molecule has 2 N–H and O–H groups in total. The van der Waals surface area contributed by atoms with Gasteiger partial charge < -0.3 is 14.2 Å². The number of carbonyl (C=O) groups excluding carboxylic acids is 2. The van der Waals surface area contributed by atoms with Gasteiger partial charge in [0, 0.05) is 10.9 Å². The standard InChI is InChI=1S/C16H30BrNO6/c1-11(23-14(20)12(2)24-18)13(19)16(5,6)22-10-9-21-8-7-15(3,4)17/h11-12H,7-10,18H2,1-6H3. The van der Waals surface area contributed by atoms with Gasteiger partial charge >= 0.3 is 5.97 Å². The molecule has 0 heterocycles. The van der Waals surface area contributed by atoms with Crippen molar-refractivity contribution < 1.29 is 28.6 Å². The number of ketones is 1. The van der Waals surface area contributed by atoms with Crippen molar-refractivity contribution in [2.75, 3.05) is 19.8 Å². The molecule has 0 aliphatic heterocycles. The highest BCUT2D eigenvalue weighted by Crippen LogP contribution is 2.20. The van der Waals surface area contributed by atoms with Gasteiger partial charge in [-0.25, -0.2) is 10.7 Å². The first-order valence-electron chi connectivity index (χ1n) is 7.91. The van der Waals surface area contributed by atoms with Crippen LogP contribution in [0.4, 0.5) is 0 Å². The average Bonchev–Trinajstić information content (AvgIpc) is 2.47. The highest BCUT2D eigenvalue weighted by molar-refractivity contribution is 9.10. The lowest BCUT2D eigenvalue weighted by Crippen LogP contribution is -2.44. The van der Waals surface area contributed by atoms with Gasteiger partial charge in [0.15, 0.2) is 12.2 Å². The molecule has 0 amide bonds. The molecular formula is C16H30BrNO6. The molecule has 0 aliphatic carbocycles. The summed E-state index contributed by atoms with van der Waals surface area (Å²) in [4.78, 5) is 28.3. The molecule has 0 aromatic heterocycles.